The number of hydrogen-bond donors (Lipinski definition) is 12. The summed E-state index contributed by atoms with van der Waals surface area (Å²) in [6.07, 6.45) is -14.2. The topological polar surface area (TPSA) is 513 Å². The second-order valence-electron chi connectivity index (χ2n) is 33.3. The maximum atomic E-state index is 14.7. The number of nitrogens with one attached hydrogen (secondary N) is 4. The number of thioether (sulfide) groups is 1. The van der Waals surface area contributed by atoms with Crippen LogP contribution in [0.15, 0.2) is 59.2 Å². The van der Waals surface area contributed by atoms with Gasteiger partial charge in [0, 0.05) is 97.7 Å². The fraction of sp³-hybridized carbons (Fsp3) is 0.652. The van der Waals surface area contributed by atoms with E-state index in [9.17, 15) is 68.7 Å². The molecule has 0 aromatic heterocycles. The van der Waals surface area contributed by atoms with E-state index in [0.29, 0.717) is 59.2 Å². The first kappa shape index (κ1) is 107. The number of aliphatic hydroxyl groups excluding tert-OH is 4. The summed E-state index contributed by atoms with van der Waals surface area (Å²) in [5, 5.41) is 66.3. The second kappa shape index (κ2) is 50.8. The molecule has 0 saturated carbocycles. The third-order valence-corrected chi connectivity index (χ3v) is 28.9. The average molecular weight is 1980 g/mol. The number of carbonyl (C=O) groups excluding carboxylic acids is 9. The van der Waals surface area contributed by atoms with Gasteiger partial charge in [-0.3, -0.25) is 33.6 Å². The number of esters is 1. The second-order valence-corrected chi connectivity index (χ2v) is 38.6. The van der Waals surface area contributed by atoms with Crippen LogP contribution in [-0.2, 0) is 87.6 Å². The SMILES string of the molecule is CCN(C(=O)OCc1ccc(NC(=O)[C@H](CCCNC(N)=O)CC(=O)[C@@H](NC(=O)[C@H](CCCCN)CC(C)=O)C(C)C)cc1)[C@H]1CO[C@@H](O[C@H]2[C@H](O[C@H]3C#C/C=C\C#C[C@]4(O)CC(=O)C(CC(=O)OC)=C3/C4=C\CSSC(C)(C)CCN)O[C@H](C)[C@@H](NO[C@H]3C[C@H](O)[C@H](SC(=O)c4c(C)c(I)c(O[C@@H]5O[C@@H](C)[C@H](O)[C@@H](OC)[C@H]5O)c(OC)c4OC)[C@@H](C)O3)[C@@H]2O)C[C@@H]1OC. The zero-order valence-corrected chi connectivity index (χ0v) is 80.2. The highest BCUT2D eigenvalue weighted by molar-refractivity contribution is 14.1. The van der Waals surface area contributed by atoms with Crippen molar-refractivity contribution in [3.8, 4) is 40.9 Å². The average Bonchev–Trinajstić information content (AvgIpc) is 0.749. The fourth-order valence-corrected chi connectivity index (χ4v) is 20.2. The molecule has 36 nitrogen and oxygen atoms in total. The van der Waals surface area contributed by atoms with E-state index in [2.05, 4.69) is 45.1 Å². The van der Waals surface area contributed by atoms with Gasteiger partial charge in [0.25, 0.3) is 0 Å². The van der Waals surface area contributed by atoms with E-state index >= 15 is 0 Å². The predicted molar refractivity (Wildman–Crippen MR) is 487 cm³/mol. The lowest BCUT2D eigenvalue weighted by Gasteiger charge is -2.47. The standard InChI is InChI=1S/C89H127IN8O28S3/c1-16-98(87(111)119-44-52-27-29-55(30-28-52)95-81(107)54(25-23-36-94-86(93)110)39-59(100)70(46(2)3)96-82(108)53(38-47(4)99)24-20-22-34-91)58-45-118-65(42-63(58)113-11)124-78-73(105)71(49(6)121-85(78)123-62-26-19-17-18-21-32-89(112)43-61(102)56(40-64(103)114-12)68(62)57(89)31-37-127-129-88(9,10)33-35-92)97-126-66-41-60(101)80(51(8)120-66)128-83(109)67-48(5)69(90)76(79(117-15)75(67)115-13)125-84-74(106)77(116-14)72(104)50(7)122-84/h17-18,27-31,46,49-51,53-54,58,60,62-63,65-66,70-74,77-78,80,84-85,97,101,104-106,112H,16,20,22-25,33-45,91-92H2,1-15H3,(H,95,107)(H,96,108)(H3,93,94,110)/b18-17-,57-31+/t49-,50+,51-,53-,54-,58+,60+,62+,63+,65+,66+,70+,71-,72+,73+,74-,77-,78-,80-,84+,85+,89+/m1/s1. The first-order chi connectivity index (χ1) is 61.3. The first-order valence-electron chi connectivity index (χ1n) is 43.1. The molecular weight excluding hydrogens is 1850 g/mol. The van der Waals surface area contributed by atoms with Crippen molar-refractivity contribution in [1.29, 1.82) is 0 Å². The number of ketones is 3. The molecule has 40 heteroatoms. The Morgan fingerprint density at radius 1 is 0.806 bits per heavy atom. The summed E-state index contributed by atoms with van der Waals surface area (Å²) in [6.45, 7) is 17.9. The molecule has 15 N–H and O–H groups in total. The molecule has 4 saturated heterocycles. The number of amides is 5. The van der Waals surface area contributed by atoms with Crippen molar-refractivity contribution in [1.82, 2.24) is 21.0 Å². The lowest BCUT2D eigenvalue weighted by molar-refractivity contribution is -0.337. The van der Waals surface area contributed by atoms with E-state index in [0.717, 1.165) is 18.9 Å². The molecule has 4 aliphatic heterocycles. The molecule has 0 unspecified atom stereocenters. The van der Waals surface area contributed by atoms with Crippen LogP contribution in [0.4, 0.5) is 15.3 Å². The number of nitrogens with zero attached hydrogens (tertiary/aromatic N) is 1. The normalized spacial score (nSPS) is 28.2. The van der Waals surface area contributed by atoms with Crippen molar-refractivity contribution < 1.29 is 135 Å². The number of urea groups is 1. The molecule has 2 aromatic carbocycles. The van der Waals surface area contributed by atoms with Gasteiger partial charge < -0.3 is 130 Å². The van der Waals surface area contributed by atoms with E-state index in [1.165, 1.54) is 63.2 Å². The number of Topliss-reactive ketones (excluding diaryl/α,β-unsaturated/α-hetero) is 3. The molecule has 0 spiro atoms. The monoisotopic (exact) mass is 1980 g/mol. The van der Waals surface area contributed by atoms with Crippen LogP contribution in [0.1, 0.15) is 161 Å². The highest BCUT2D eigenvalue weighted by atomic mass is 127. The van der Waals surface area contributed by atoms with Crippen LogP contribution < -0.4 is 52.8 Å². The quantitative estimate of drug-likeness (QED) is 0.00880. The zero-order chi connectivity index (χ0) is 94.9. The third kappa shape index (κ3) is 29.0. The Labute approximate surface area is 778 Å². The number of fused-ring (bicyclic) bond motifs is 2. The van der Waals surface area contributed by atoms with E-state index in [-0.39, 0.29) is 127 Å². The lowest BCUT2D eigenvalue weighted by atomic mass is 9.72. The van der Waals surface area contributed by atoms with Crippen molar-refractivity contribution in [2.45, 2.75) is 279 Å². The largest absolute Gasteiger partial charge is 0.492 e. The number of aliphatic hydroxyl groups is 5. The molecule has 129 heavy (non-hydrogen) atoms. The van der Waals surface area contributed by atoms with Crippen LogP contribution in [0.5, 0.6) is 17.2 Å². The summed E-state index contributed by atoms with van der Waals surface area (Å²) in [5.74, 6) is 6.99. The molecule has 6 aliphatic rings. The number of unbranched alkanes of at least 4 members (excludes halogenated alkanes) is 1. The van der Waals surface area contributed by atoms with Crippen molar-refractivity contribution in [2.24, 2.45) is 35.0 Å². The van der Waals surface area contributed by atoms with Gasteiger partial charge in [-0.2, -0.15) is 5.48 Å². The molecule has 2 bridgehead atoms. The Morgan fingerprint density at radius 3 is 2.13 bits per heavy atom. The number of benzene rings is 2. The number of nitrogens with two attached hydrogens (primary N) is 3. The van der Waals surface area contributed by atoms with Gasteiger partial charge in [-0.25, -0.2) is 9.59 Å². The number of hydrogen-bond acceptors (Lipinski definition) is 34. The molecular formula is C89H127IN8O28S3. The molecule has 2 aromatic rings. The van der Waals surface area contributed by atoms with Crippen molar-refractivity contribution >= 4 is 114 Å². The zero-order valence-electron chi connectivity index (χ0n) is 75.6. The summed E-state index contributed by atoms with van der Waals surface area (Å²) in [7, 11) is 9.63. The van der Waals surface area contributed by atoms with Crippen LogP contribution in [0.2, 0.25) is 0 Å². The number of carbonyl (C=O) groups is 9. The molecule has 22 atom stereocenters. The first-order valence-corrected chi connectivity index (χ1v) is 47.3. The van der Waals surface area contributed by atoms with Gasteiger partial charge in [0.05, 0.1) is 104 Å². The summed E-state index contributed by atoms with van der Waals surface area (Å²) in [4.78, 5) is 130. The van der Waals surface area contributed by atoms with E-state index < -0.39 is 193 Å². The minimum atomic E-state index is -2.15. The maximum Gasteiger partial charge on any atom is 0.410 e. The predicted octanol–water partition coefficient (Wildman–Crippen LogP) is 6.17. The highest BCUT2D eigenvalue weighted by Gasteiger charge is 2.53. The Morgan fingerprint density at radius 2 is 1.50 bits per heavy atom. The van der Waals surface area contributed by atoms with Crippen LogP contribution >= 0.6 is 55.9 Å². The van der Waals surface area contributed by atoms with Gasteiger partial charge in [0.2, 0.25) is 29.0 Å². The minimum Gasteiger partial charge on any atom is -0.492 e. The van der Waals surface area contributed by atoms with Crippen molar-refractivity contribution in [3.05, 3.63) is 79.5 Å². The lowest BCUT2D eigenvalue weighted by Crippen LogP contribution is -2.65. The number of methoxy groups -OCH3 is 5. The van der Waals surface area contributed by atoms with E-state index in [4.69, 9.17) is 83.6 Å². The van der Waals surface area contributed by atoms with Crippen molar-refractivity contribution in [3.63, 3.8) is 0 Å². The van der Waals surface area contributed by atoms with Crippen LogP contribution in [0.25, 0.3) is 0 Å². The van der Waals surface area contributed by atoms with Gasteiger partial charge in [-0.1, -0.05) is 95.5 Å². The summed E-state index contributed by atoms with van der Waals surface area (Å²) >= 11 is 2.76. The minimum absolute atomic E-state index is 0.00612. The van der Waals surface area contributed by atoms with E-state index in [1.54, 1.807) is 89.6 Å². The highest BCUT2D eigenvalue weighted by Crippen LogP contribution is 2.50. The Bertz CT molecular complexity index is 4420. The molecule has 8 rings (SSSR count). The van der Waals surface area contributed by atoms with Crippen LogP contribution in [0, 0.1) is 51.9 Å². The number of ether oxygens (including phenoxy) is 13. The Kier molecular flexibility index (Phi) is 42.3. The molecule has 716 valence electrons. The summed E-state index contributed by atoms with van der Waals surface area (Å²) in [5.41, 5.74) is 19.1. The number of halogens is 1. The number of allylic oxidation sites excluding steroid dienone is 2. The number of hydroxylamine groups is 1. The van der Waals surface area contributed by atoms with Gasteiger partial charge in [0.15, 0.2) is 47.5 Å². The van der Waals surface area contributed by atoms with Gasteiger partial charge in [-0.05, 0) is 165 Å². The number of primary amides is 1. The summed E-state index contributed by atoms with van der Waals surface area (Å²) in [6, 6.07) is 2.67. The Hall–Kier alpha value is -7.09. The van der Waals surface area contributed by atoms with Gasteiger partial charge >= 0.3 is 18.1 Å². The smallest absolute Gasteiger partial charge is 0.410 e. The third-order valence-electron chi connectivity index (χ3n) is 23.1. The maximum absolute atomic E-state index is 14.7. The van der Waals surface area contributed by atoms with Crippen LogP contribution in [0.3, 0.4) is 0 Å². The van der Waals surface area contributed by atoms with Gasteiger partial charge in [0.1, 0.15) is 49.0 Å². The fourth-order valence-electron chi connectivity index (χ4n) is 16.0. The van der Waals surface area contributed by atoms with Crippen molar-refractivity contribution in [2.75, 3.05) is 79.4 Å². The van der Waals surface area contributed by atoms with Gasteiger partial charge in [-0.15, -0.1) is 0 Å². The number of anilines is 1. The number of likely N-dealkylation sites (N-methyl/N-ethyl adjacent to an activating group) is 1. The number of rotatable bonds is 45. The molecule has 4 fully saturated rings. The summed E-state index contributed by atoms with van der Waals surface area (Å²) < 4.78 is 79.8. The van der Waals surface area contributed by atoms with Crippen LogP contribution in [-0.4, -0.2) is 283 Å². The molecule has 2 aliphatic carbocycles. The van der Waals surface area contributed by atoms with E-state index in [1.807, 2.05) is 36.4 Å². The molecule has 5 amide bonds. The molecule has 4 heterocycles. The molecule has 0 radical (unpaired) electrons. The Balaban J connectivity index is 1.01.